The van der Waals surface area contributed by atoms with E-state index in [1.807, 2.05) is 12.1 Å². The minimum Gasteiger partial charge on any atom is -0.324 e. The molecule has 0 saturated heterocycles. The SMILES string of the molecule is N#Cc1ccc(NC(=O)c2ccc3c(c2)NC(=O)CS3)cc1. The number of nitriles is 1. The lowest BCUT2D eigenvalue weighted by Gasteiger charge is -2.16. The van der Waals surface area contributed by atoms with Gasteiger partial charge in [0, 0.05) is 16.1 Å². The van der Waals surface area contributed by atoms with E-state index in [4.69, 9.17) is 5.26 Å². The molecule has 3 rings (SSSR count). The number of nitrogens with zero attached hydrogens (tertiary/aromatic N) is 1. The zero-order valence-electron chi connectivity index (χ0n) is 11.4. The number of rotatable bonds is 2. The summed E-state index contributed by atoms with van der Waals surface area (Å²) in [5, 5.41) is 14.3. The van der Waals surface area contributed by atoms with Gasteiger partial charge >= 0.3 is 0 Å². The summed E-state index contributed by atoms with van der Waals surface area (Å²) >= 11 is 1.45. The molecule has 0 unspecified atom stereocenters. The van der Waals surface area contributed by atoms with Gasteiger partial charge < -0.3 is 10.6 Å². The first-order chi connectivity index (χ1) is 10.7. The monoisotopic (exact) mass is 309 g/mol. The predicted molar refractivity (Wildman–Crippen MR) is 84.9 cm³/mol. The smallest absolute Gasteiger partial charge is 0.255 e. The quantitative estimate of drug-likeness (QED) is 0.893. The molecular formula is C16H11N3O2S. The molecule has 1 heterocycles. The van der Waals surface area contributed by atoms with Gasteiger partial charge in [-0.25, -0.2) is 0 Å². The molecule has 0 aliphatic carbocycles. The Morgan fingerprint density at radius 2 is 2.00 bits per heavy atom. The third-order valence-corrected chi connectivity index (χ3v) is 4.22. The van der Waals surface area contributed by atoms with Crippen molar-refractivity contribution >= 4 is 35.0 Å². The van der Waals surface area contributed by atoms with E-state index in [1.54, 1.807) is 36.4 Å². The van der Waals surface area contributed by atoms with Crippen molar-refractivity contribution in [2.75, 3.05) is 16.4 Å². The molecule has 2 amide bonds. The Hall–Kier alpha value is -2.78. The van der Waals surface area contributed by atoms with Crippen molar-refractivity contribution in [3.8, 4) is 6.07 Å². The molecular weight excluding hydrogens is 298 g/mol. The molecule has 108 valence electrons. The third kappa shape index (κ3) is 2.95. The maximum Gasteiger partial charge on any atom is 0.255 e. The van der Waals surface area contributed by atoms with Gasteiger partial charge in [0.15, 0.2) is 0 Å². The van der Waals surface area contributed by atoms with E-state index < -0.39 is 0 Å². The van der Waals surface area contributed by atoms with Crippen molar-refractivity contribution in [3.05, 3.63) is 53.6 Å². The molecule has 0 spiro atoms. The van der Waals surface area contributed by atoms with Crippen molar-refractivity contribution < 1.29 is 9.59 Å². The number of amides is 2. The summed E-state index contributed by atoms with van der Waals surface area (Å²) in [4.78, 5) is 24.6. The number of nitrogens with one attached hydrogen (secondary N) is 2. The fourth-order valence-electron chi connectivity index (χ4n) is 2.06. The van der Waals surface area contributed by atoms with Crippen LogP contribution in [0.1, 0.15) is 15.9 Å². The van der Waals surface area contributed by atoms with Crippen molar-refractivity contribution in [2.24, 2.45) is 0 Å². The van der Waals surface area contributed by atoms with E-state index in [1.165, 1.54) is 11.8 Å². The maximum absolute atomic E-state index is 12.2. The van der Waals surface area contributed by atoms with Gasteiger partial charge in [0.1, 0.15) is 0 Å². The first kappa shape index (κ1) is 14.2. The van der Waals surface area contributed by atoms with Crippen LogP contribution in [-0.2, 0) is 4.79 Å². The Balaban J connectivity index is 1.78. The van der Waals surface area contributed by atoms with E-state index in [9.17, 15) is 9.59 Å². The molecule has 0 radical (unpaired) electrons. The zero-order chi connectivity index (χ0) is 15.5. The number of benzene rings is 2. The molecule has 22 heavy (non-hydrogen) atoms. The van der Waals surface area contributed by atoms with Crippen molar-refractivity contribution in [3.63, 3.8) is 0 Å². The lowest BCUT2D eigenvalue weighted by Crippen LogP contribution is -2.19. The van der Waals surface area contributed by atoms with E-state index in [0.717, 1.165) is 4.90 Å². The van der Waals surface area contributed by atoms with Crippen molar-refractivity contribution in [1.29, 1.82) is 5.26 Å². The van der Waals surface area contributed by atoms with Crippen molar-refractivity contribution in [1.82, 2.24) is 0 Å². The van der Waals surface area contributed by atoms with Gasteiger partial charge in [-0.2, -0.15) is 5.26 Å². The van der Waals surface area contributed by atoms with Gasteiger partial charge in [-0.1, -0.05) is 0 Å². The summed E-state index contributed by atoms with van der Waals surface area (Å²) in [6.45, 7) is 0. The Labute approximate surface area is 131 Å². The lowest BCUT2D eigenvalue weighted by atomic mass is 10.1. The van der Waals surface area contributed by atoms with Crippen LogP contribution in [0.5, 0.6) is 0 Å². The summed E-state index contributed by atoms with van der Waals surface area (Å²) in [6.07, 6.45) is 0. The highest BCUT2D eigenvalue weighted by molar-refractivity contribution is 8.00. The Bertz CT molecular complexity index is 794. The summed E-state index contributed by atoms with van der Waals surface area (Å²) in [5.74, 6) is 0.0588. The topological polar surface area (TPSA) is 82.0 Å². The van der Waals surface area contributed by atoms with E-state index >= 15 is 0 Å². The number of carbonyl (C=O) groups is 2. The molecule has 2 aromatic carbocycles. The van der Waals surface area contributed by atoms with Crippen LogP contribution in [0.3, 0.4) is 0 Å². The number of hydrogen-bond donors (Lipinski definition) is 2. The number of carbonyl (C=O) groups excluding carboxylic acids is 2. The second kappa shape index (κ2) is 5.92. The number of fused-ring (bicyclic) bond motifs is 1. The summed E-state index contributed by atoms with van der Waals surface area (Å²) < 4.78 is 0. The highest BCUT2D eigenvalue weighted by Gasteiger charge is 2.17. The van der Waals surface area contributed by atoms with Crippen LogP contribution < -0.4 is 10.6 Å². The number of anilines is 2. The van der Waals surface area contributed by atoms with Gasteiger partial charge in [-0.3, -0.25) is 9.59 Å². The molecule has 2 aromatic rings. The Morgan fingerprint density at radius 1 is 1.23 bits per heavy atom. The van der Waals surface area contributed by atoms with Crippen LogP contribution in [-0.4, -0.2) is 17.6 Å². The molecule has 5 nitrogen and oxygen atoms in total. The van der Waals surface area contributed by atoms with Gasteiger partial charge in [0.2, 0.25) is 5.91 Å². The van der Waals surface area contributed by atoms with Gasteiger partial charge in [-0.05, 0) is 42.5 Å². The van der Waals surface area contributed by atoms with Crippen LogP contribution >= 0.6 is 11.8 Å². The molecule has 0 aromatic heterocycles. The standard InChI is InChI=1S/C16H11N3O2S/c17-8-10-1-4-12(5-2-10)18-16(21)11-3-6-14-13(7-11)19-15(20)9-22-14/h1-7H,9H2,(H,18,21)(H,19,20). The predicted octanol–water partition coefficient (Wildman–Crippen LogP) is 2.85. The Kier molecular flexibility index (Phi) is 3.81. The summed E-state index contributed by atoms with van der Waals surface area (Å²) in [7, 11) is 0. The lowest BCUT2D eigenvalue weighted by molar-refractivity contribution is -0.113. The van der Waals surface area contributed by atoms with Crippen LogP contribution in [0.25, 0.3) is 0 Å². The normalized spacial score (nSPS) is 12.8. The second-order valence-corrected chi connectivity index (χ2v) is 5.71. The highest BCUT2D eigenvalue weighted by Crippen LogP contribution is 2.32. The fraction of sp³-hybridized carbons (Fsp3) is 0.0625. The molecule has 1 aliphatic heterocycles. The third-order valence-electron chi connectivity index (χ3n) is 3.15. The first-order valence-electron chi connectivity index (χ1n) is 6.54. The first-order valence-corrected chi connectivity index (χ1v) is 7.52. The second-order valence-electron chi connectivity index (χ2n) is 4.69. The molecule has 0 fully saturated rings. The van der Waals surface area contributed by atoms with Gasteiger partial charge in [0.25, 0.3) is 5.91 Å². The highest BCUT2D eigenvalue weighted by atomic mass is 32.2. The van der Waals surface area contributed by atoms with Gasteiger partial charge in [0.05, 0.1) is 23.1 Å². The molecule has 0 saturated carbocycles. The molecule has 0 atom stereocenters. The number of thioether (sulfide) groups is 1. The van der Waals surface area contributed by atoms with Crippen molar-refractivity contribution in [2.45, 2.75) is 4.90 Å². The molecule has 6 heteroatoms. The molecule has 0 bridgehead atoms. The van der Waals surface area contributed by atoms with E-state index in [0.29, 0.717) is 28.3 Å². The van der Waals surface area contributed by atoms with E-state index in [-0.39, 0.29) is 11.8 Å². The van der Waals surface area contributed by atoms with Gasteiger partial charge in [-0.15, -0.1) is 11.8 Å². The Morgan fingerprint density at radius 3 is 2.73 bits per heavy atom. The van der Waals surface area contributed by atoms with Crippen LogP contribution in [0.2, 0.25) is 0 Å². The molecule has 1 aliphatic rings. The van der Waals surface area contributed by atoms with Crippen LogP contribution in [0.4, 0.5) is 11.4 Å². The minimum atomic E-state index is -0.266. The fourth-order valence-corrected chi connectivity index (χ4v) is 2.84. The largest absolute Gasteiger partial charge is 0.324 e. The summed E-state index contributed by atoms with van der Waals surface area (Å²) in [5.41, 5.74) is 2.27. The van der Waals surface area contributed by atoms with Crippen LogP contribution in [0.15, 0.2) is 47.4 Å². The number of hydrogen-bond acceptors (Lipinski definition) is 4. The average Bonchev–Trinajstić information content (AvgIpc) is 2.54. The van der Waals surface area contributed by atoms with E-state index in [2.05, 4.69) is 10.6 Å². The molecule has 2 N–H and O–H groups in total. The zero-order valence-corrected chi connectivity index (χ0v) is 12.2. The maximum atomic E-state index is 12.2. The minimum absolute atomic E-state index is 0.0675. The summed E-state index contributed by atoms with van der Waals surface area (Å²) in [6, 6.07) is 13.9. The van der Waals surface area contributed by atoms with Crippen LogP contribution in [0, 0.1) is 11.3 Å². The average molecular weight is 309 g/mol.